The van der Waals surface area contributed by atoms with E-state index < -0.39 is 10.0 Å². The summed E-state index contributed by atoms with van der Waals surface area (Å²) in [5, 5.41) is 6.47. The molecule has 1 aromatic heterocycles. The van der Waals surface area contributed by atoms with E-state index in [-0.39, 0.29) is 0 Å². The molecule has 0 aliphatic heterocycles. The predicted molar refractivity (Wildman–Crippen MR) is 45.1 cm³/mol. The number of rotatable bonds is 4. The van der Waals surface area contributed by atoms with Crippen LogP contribution in [0.4, 0.5) is 0 Å². The quantitative estimate of drug-likeness (QED) is 0.670. The zero-order chi connectivity index (χ0) is 9.03. The van der Waals surface area contributed by atoms with E-state index in [1.807, 2.05) is 6.07 Å². The molecule has 0 spiro atoms. The van der Waals surface area contributed by atoms with Gasteiger partial charge in [-0.1, -0.05) is 0 Å². The zero-order valence-corrected chi connectivity index (χ0v) is 7.56. The van der Waals surface area contributed by atoms with Crippen LogP contribution in [0.3, 0.4) is 0 Å². The molecule has 0 aromatic carbocycles. The summed E-state index contributed by atoms with van der Waals surface area (Å²) in [6.45, 7) is 0.404. The van der Waals surface area contributed by atoms with Crippen molar-refractivity contribution in [2.45, 2.75) is 6.42 Å². The van der Waals surface area contributed by atoms with E-state index in [0.717, 1.165) is 11.9 Å². The van der Waals surface area contributed by atoms with Crippen molar-refractivity contribution in [1.82, 2.24) is 14.9 Å². The number of hydrogen-bond donors (Lipinski definition) is 2. The van der Waals surface area contributed by atoms with Gasteiger partial charge in [-0.2, -0.15) is 5.10 Å². The minimum absolute atomic E-state index is 0.404. The molecule has 1 heterocycles. The van der Waals surface area contributed by atoms with Gasteiger partial charge in [-0.15, -0.1) is 0 Å². The normalized spacial score (nSPS) is 11.8. The third-order valence-electron chi connectivity index (χ3n) is 1.32. The molecule has 2 N–H and O–H groups in total. The van der Waals surface area contributed by atoms with E-state index >= 15 is 0 Å². The molecule has 1 aromatic rings. The molecule has 0 atom stereocenters. The Morgan fingerprint density at radius 2 is 2.42 bits per heavy atom. The summed E-state index contributed by atoms with van der Waals surface area (Å²) in [6, 6.07) is 1.81. The lowest BCUT2D eigenvalue weighted by molar-refractivity contribution is 0.587. The molecule has 0 bridgehead atoms. The van der Waals surface area contributed by atoms with Crippen molar-refractivity contribution in [1.29, 1.82) is 0 Å². The monoisotopic (exact) mass is 189 g/mol. The Hall–Kier alpha value is -0.880. The molecule has 68 valence electrons. The van der Waals surface area contributed by atoms with Gasteiger partial charge in [0.1, 0.15) is 0 Å². The van der Waals surface area contributed by atoms with Crippen LogP contribution in [0.5, 0.6) is 0 Å². The van der Waals surface area contributed by atoms with E-state index in [2.05, 4.69) is 14.9 Å². The topological polar surface area (TPSA) is 74.8 Å². The van der Waals surface area contributed by atoms with E-state index in [9.17, 15) is 8.42 Å². The fourth-order valence-corrected chi connectivity index (χ4v) is 1.27. The summed E-state index contributed by atoms with van der Waals surface area (Å²) in [5.74, 6) is 0. The van der Waals surface area contributed by atoms with Gasteiger partial charge in [-0.3, -0.25) is 5.10 Å². The van der Waals surface area contributed by atoms with Gasteiger partial charge in [0.25, 0.3) is 0 Å². The van der Waals surface area contributed by atoms with Gasteiger partial charge in [0, 0.05) is 24.9 Å². The molecule has 0 radical (unpaired) electrons. The average molecular weight is 189 g/mol. The minimum Gasteiger partial charge on any atom is -0.283 e. The molecule has 12 heavy (non-hydrogen) atoms. The summed E-state index contributed by atoms with van der Waals surface area (Å²) in [4.78, 5) is 0. The lowest BCUT2D eigenvalue weighted by Gasteiger charge is -1.98. The van der Waals surface area contributed by atoms with Crippen LogP contribution in [-0.4, -0.2) is 31.4 Å². The summed E-state index contributed by atoms with van der Waals surface area (Å²) in [6.07, 6.45) is 3.41. The van der Waals surface area contributed by atoms with Gasteiger partial charge >= 0.3 is 0 Å². The van der Waals surface area contributed by atoms with Gasteiger partial charge in [0.15, 0.2) is 0 Å². The molecular weight excluding hydrogens is 178 g/mol. The molecule has 0 fully saturated rings. The van der Waals surface area contributed by atoms with Crippen molar-refractivity contribution < 1.29 is 8.42 Å². The number of aromatic amines is 1. The van der Waals surface area contributed by atoms with Crippen molar-refractivity contribution in [2.75, 3.05) is 12.8 Å². The fourth-order valence-electron chi connectivity index (χ4n) is 0.795. The van der Waals surface area contributed by atoms with Crippen LogP contribution in [0.15, 0.2) is 12.3 Å². The highest BCUT2D eigenvalue weighted by atomic mass is 32.2. The number of hydrogen-bond acceptors (Lipinski definition) is 3. The van der Waals surface area contributed by atoms with Gasteiger partial charge < -0.3 is 0 Å². The molecule has 0 saturated heterocycles. The van der Waals surface area contributed by atoms with Crippen molar-refractivity contribution in [2.24, 2.45) is 0 Å². The highest BCUT2D eigenvalue weighted by Gasteiger charge is 1.99. The fraction of sp³-hybridized carbons (Fsp3) is 0.500. The first-order chi connectivity index (χ1) is 5.58. The number of H-pyrrole nitrogens is 1. The SMILES string of the molecule is CS(=O)(=O)NCCc1ccn[nH]1. The average Bonchev–Trinajstić information content (AvgIpc) is 2.36. The summed E-state index contributed by atoms with van der Waals surface area (Å²) in [7, 11) is -3.06. The molecule has 6 heteroatoms. The maximum Gasteiger partial charge on any atom is 0.208 e. The molecule has 0 saturated carbocycles. The number of nitrogens with zero attached hydrogens (tertiary/aromatic N) is 1. The zero-order valence-electron chi connectivity index (χ0n) is 6.74. The summed E-state index contributed by atoms with van der Waals surface area (Å²) in [5.41, 5.74) is 0.922. The van der Waals surface area contributed by atoms with Crippen LogP contribution in [0.25, 0.3) is 0 Å². The Labute approximate surface area is 71.2 Å². The predicted octanol–water partition coefficient (Wildman–Crippen LogP) is -0.499. The summed E-state index contributed by atoms with van der Waals surface area (Å²) < 4.78 is 23.6. The molecule has 0 unspecified atom stereocenters. The van der Waals surface area contributed by atoms with Crippen molar-refractivity contribution >= 4 is 10.0 Å². The molecule has 1 rings (SSSR count). The Morgan fingerprint density at radius 1 is 1.67 bits per heavy atom. The number of nitrogens with one attached hydrogen (secondary N) is 2. The second kappa shape index (κ2) is 3.68. The Bertz CT molecular complexity index is 317. The molecular formula is C6H11N3O2S. The molecule has 0 aliphatic carbocycles. The lowest BCUT2D eigenvalue weighted by atomic mass is 10.3. The van der Waals surface area contributed by atoms with Gasteiger partial charge in [-0.25, -0.2) is 13.1 Å². The van der Waals surface area contributed by atoms with Crippen LogP contribution in [0.2, 0.25) is 0 Å². The van der Waals surface area contributed by atoms with Crippen molar-refractivity contribution in [3.8, 4) is 0 Å². The van der Waals surface area contributed by atoms with Gasteiger partial charge in [-0.05, 0) is 6.07 Å². The maximum absolute atomic E-state index is 10.6. The maximum atomic E-state index is 10.6. The smallest absolute Gasteiger partial charge is 0.208 e. The van der Waals surface area contributed by atoms with Crippen LogP contribution in [-0.2, 0) is 16.4 Å². The highest BCUT2D eigenvalue weighted by molar-refractivity contribution is 7.88. The first kappa shape index (κ1) is 9.21. The van der Waals surface area contributed by atoms with Crippen molar-refractivity contribution in [3.63, 3.8) is 0 Å². The van der Waals surface area contributed by atoms with Gasteiger partial charge in [0.2, 0.25) is 10.0 Å². The third-order valence-corrected chi connectivity index (χ3v) is 2.05. The third kappa shape index (κ3) is 3.49. The number of aromatic nitrogens is 2. The van der Waals surface area contributed by atoms with Gasteiger partial charge in [0.05, 0.1) is 6.26 Å². The largest absolute Gasteiger partial charge is 0.283 e. The minimum atomic E-state index is -3.06. The Morgan fingerprint density at radius 3 is 2.92 bits per heavy atom. The summed E-state index contributed by atoms with van der Waals surface area (Å²) >= 11 is 0. The highest BCUT2D eigenvalue weighted by Crippen LogP contribution is 1.91. The standard InChI is InChI=1S/C6H11N3O2S/c1-12(10,11)8-5-3-6-2-4-7-9-6/h2,4,8H,3,5H2,1H3,(H,7,9). The van der Waals surface area contributed by atoms with Crippen molar-refractivity contribution in [3.05, 3.63) is 18.0 Å². The van der Waals surface area contributed by atoms with E-state index in [0.29, 0.717) is 13.0 Å². The first-order valence-electron chi connectivity index (χ1n) is 3.51. The number of sulfonamides is 1. The van der Waals surface area contributed by atoms with Crippen LogP contribution < -0.4 is 4.72 Å². The van der Waals surface area contributed by atoms with E-state index in [1.165, 1.54) is 0 Å². The van der Waals surface area contributed by atoms with Crippen LogP contribution in [0.1, 0.15) is 5.69 Å². The molecule has 5 nitrogen and oxygen atoms in total. The first-order valence-corrected chi connectivity index (χ1v) is 5.40. The van der Waals surface area contributed by atoms with Crippen LogP contribution in [0, 0.1) is 0 Å². The lowest BCUT2D eigenvalue weighted by Crippen LogP contribution is -2.24. The van der Waals surface area contributed by atoms with Crippen LogP contribution >= 0.6 is 0 Å². The molecule has 0 amide bonds. The van der Waals surface area contributed by atoms with E-state index in [4.69, 9.17) is 0 Å². The Kier molecular flexibility index (Phi) is 2.83. The second-order valence-corrected chi connectivity index (χ2v) is 4.33. The second-order valence-electron chi connectivity index (χ2n) is 2.50. The Balaban J connectivity index is 2.29. The molecule has 0 aliphatic rings. The van der Waals surface area contributed by atoms with E-state index in [1.54, 1.807) is 6.20 Å².